The van der Waals surface area contributed by atoms with Crippen molar-refractivity contribution in [3.8, 4) is 5.75 Å². The van der Waals surface area contributed by atoms with Gasteiger partial charge in [-0.05, 0) is 79.5 Å². The van der Waals surface area contributed by atoms with Crippen LogP contribution < -0.4 is 9.64 Å². The summed E-state index contributed by atoms with van der Waals surface area (Å²) in [7, 11) is 0. The number of amides is 1. The van der Waals surface area contributed by atoms with Crippen molar-refractivity contribution in [1.82, 2.24) is 4.90 Å². The lowest BCUT2D eigenvalue weighted by Gasteiger charge is -2.63. The van der Waals surface area contributed by atoms with E-state index in [0.29, 0.717) is 48.9 Å². The van der Waals surface area contributed by atoms with Gasteiger partial charge in [0.25, 0.3) is 5.91 Å². The lowest BCUT2D eigenvalue weighted by atomic mass is 9.46. The molecule has 2 N–H and O–H groups in total. The van der Waals surface area contributed by atoms with Gasteiger partial charge in [-0.3, -0.25) is 4.79 Å². The van der Waals surface area contributed by atoms with Crippen LogP contribution >= 0.6 is 0 Å². The van der Waals surface area contributed by atoms with Gasteiger partial charge < -0.3 is 24.7 Å². The third-order valence-corrected chi connectivity index (χ3v) is 9.76. The summed E-state index contributed by atoms with van der Waals surface area (Å²) in [6.07, 6.45) is -0.766. The van der Waals surface area contributed by atoms with Crippen LogP contribution in [0.3, 0.4) is 0 Å². The Kier molecular flexibility index (Phi) is 6.03. The van der Waals surface area contributed by atoms with Crippen molar-refractivity contribution in [2.45, 2.75) is 63.1 Å². The Morgan fingerprint density at radius 3 is 2.33 bits per heavy atom. The van der Waals surface area contributed by atoms with Crippen molar-refractivity contribution in [2.24, 2.45) is 17.3 Å². The zero-order valence-electron chi connectivity index (χ0n) is 22.8. The van der Waals surface area contributed by atoms with Crippen molar-refractivity contribution in [1.29, 1.82) is 0 Å². The molecule has 4 bridgehead atoms. The van der Waals surface area contributed by atoms with Gasteiger partial charge in [-0.15, -0.1) is 13.2 Å². The minimum absolute atomic E-state index is 0.00682. The number of alkyl halides is 3. The monoisotopic (exact) mass is 580 g/mol. The van der Waals surface area contributed by atoms with Crippen molar-refractivity contribution in [2.75, 3.05) is 11.6 Å². The lowest BCUT2D eigenvalue weighted by Crippen LogP contribution is -2.66. The van der Waals surface area contributed by atoms with E-state index in [9.17, 15) is 33.0 Å². The van der Waals surface area contributed by atoms with Gasteiger partial charge in [0.05, 0.1) is 23.5 Å². The molecule has 1 heterocycles. The molecule has 1 aliphatic heterocycles. The minimum atomic E-state index is -4.80. The molecular formula is C32H31F3N2O5. The number of carbonyl (C=O) groups is 2. The molecule has 4 fully saturated rings. The number of rotatable bonds is 6. The first kappa shape index (κ1) is 27.1. The van der Waals surface area contributed by atoms with E-state index in [1.807, 2.05) is 35.2 Å². The molecule has 4 aliphatic carbocycles. The Hall–Kier alpha value is -3.79. The van der Waals surface area contributed by atoms with Crippen molar-refractivity contribution in [3.05, 3.63) is 71.8 Å². The van der Waals surface area contributed by atoms with Crippen LogP contribution in [0.1, 0.15) is 54.4 Å². The summed E-state index contributed by atoms with van der Waals surface area (Å²) in [4.78, 5) is 30.7. The van der Waals surface area contributed by atoms with Crippen LogP contribution in [-0.2, 0) is 11.3 Å². The molecule has 4 saturated carbocycles. The highest BCUT2D eigenvalue weighted by atomic mass is 19.4. The fourth-order valence-corrected chi connectivity index (χ4v) is 8.92. The number of carbonyl (C=O) groups excluding carboxylic acids is 1. The third kappa shape index (κ3) is 4.56. The number of anilines is 1. The zero-order valence-corrected chi connectivity index (χ0v) is 22.8. The number of nitrogens with zero attached hydrogens (tertiary/aromatic N) is 2. The van der Waals surface area contributed by atoms with Gasteiger partial charge in [-0.2, -0.15) is 0 Å². The largest absolute Gasteiger partial charge is 0.573 e. The van der Waals surface area contributed by atoms with Gasteiger partial charge in [0.15, 0.2) is 0 Å². The van der Waals surface area contributed by atoms with E-state index >= 15 is 0 Å². The average molecular weight is 581 g/mol. The van der Waals surface area contributed by atoms with E-state index in [4.69, 9.17) is 0 Å². The second-order valence-corrected chi connectivity index (χ2v) is 12.8. The second kappa shape index (κ2) is 9.36. The van der Waals surface area contributed by atoms with Gasteiger partial charge in [-0.1, -0.05) is 42.5 Å². The number of carboxylic acid groups (broad SMARTS) is 1. The first-order chi connectivity index (χ1) is 19.9. The molecule has 0 radical (unpaired) electrons. The molecule has 5 aliphatic rings. The van der Waals surface area contributed by atoms with Crippen LogP contribution in [0.25, 0.3) is 10.8 Å². The van der Waals surface area contributed by atoms with Gasteiger partial charge in [0, 0.05) is 17.3 Å². The molecular weight excluding hydrogens is 549 g/mol. The van der Waals surface area contributed by atoms with Crippen molar-refractivity contribution >= 4 is 28.3 Å². The maximum absolute atomic E-state index is 14.2. The standard InChI is InChI=1S/C32H31F3N2O5/c33-32(34,35)42-23-8-5-19(6-9-23)16-36-18-37(28(38)25-10-7-22-3-1-2-4-24(22)26(25)36)27(29(39)40)30-12-20-11-21(13-30)15-31(41,14-20)17-30/h1-10,20-21,27,41H,11-18H2,(H,39,40)/t20?,21?,27-,30?,31?/m1/s1. The zero-order chi connectivity index (χ0) is 29.4. The number of aliphatic carboxylic acids is 1. The first-order valence-electron chi connectivity index (χ1n) is 14.3. The fourth-order valence-electron chi connectivity index (χ4n) is 8.92. The Bertz CT molecular complexity index is 1560. The molecule has 8 rings (SSSR count). The van der Waals surface area contributed by atoms with E-state index in [-0.39, 0.29) is 36.7 Å². The molecule has 220 valence electrons. The molecule has 1 amide bonds. The number of carboxylic acids is 1. The molecule has 3 aromatic rings. The van der Waals surface area contributed by atoms with E-state index in [1.165, 1.54) is 29.2 Å². The van der Waals surface area contributed by atoms with Crippen LogP contribution in [0.4, 0.5) is 18.9 Å². The quantitative estimate of drug-likeness (QED) is 0.375. The number of aliphatic hydroxyl groups is 1. The highest BCUT2D eigenvalue weighted by molar-refractivity contribution is 6.11. The predicted molar refractivity (Wildman–Crippen MR) is 148 cm³/mol. The predicted octanol–water partition coefficient (Wildman–Crippen LogP) is 5.94. The van der Waals surface area contributed by atoms with E-state index in [0.717, 1.165) is 17.2 Å². The molecule has 10 heteroatoms. The SMILES string of the molecule is O=C(O)[C@@H](N1CN(Cc2ccc(OC(F)(F)F)cc2)c2c(ccc3ccccc23)C1=O)C12CC3CC(CC(O)(C3)C1)C2. The maximum Gasteiger partial charge on any atom is 0.573 e. The van der Waals surface area contributed by atoms with Crippen LogP contribution in [0, 0.1) is 17.3 Å². The topological polar surface area (TPSA) is 90.3 Å². The fraction of sp³-hybridized carbons (Fsp3) is 0.438. The Balaban J connectivity index is 1.29. The molecule has 3 atom stereocenters. The Morgan fingerprint density at radius 2 is 1.69 bits per heavy atom. The normalized spacial score (nSPS) is 29.1. The van der Waals surface area contributed by atoms with Gasteiger partial charge in [0.2, 0.25) is 0 Å². The summed E-state index contributed by atoms with van der Waals surface area (Å²) in [5.74, 6) is -1.30. The summed E-state index contributed by atoms with van der Waals surface area (Å²) in [6.45, 7) is 0.221. The maximum atomic E-state index is 14.2. The molecule has 7 nitrogen and oxygen atoms in total. The van der Waals surface area contributed by atoms with E-state index in [1.54, 1.807) is 6.07 Å². The number of halogens is 3. The molecule has 0 saturated heterocycles. The van der Waals surface area contributed by atoms with Gasteiger partial charge in [-0.25, -0.2) is 4.79 Å². The van der Waals surface area contributed by atoms with E-state index in [2.05, 4.69) is 4.74 Å². The highest BCUT2D eigenvalue weighted by Gasteiger charge is 2.63. The number of hydrogen-bond donors (Lipinski definition) is 2. The van der Waals surface area contributed by atoms with Crippen molar-refractivity contribution < 1.29 is 37.7 Å². The number of fused-ring (bicyclic) bond motifs is 3. The number of benzene rings is 3. The van der Waals surface area contributed by atoms with Gasteiger partial charge in [0.1, 0.15) is 11.8 Å². The van der Waals surface area contributed by atoms with Crippen LogP contribution in [0.15, 0.2) is 60.7 Å². The smallest absolute Gasteiger partial charge is 0.480 e. The lowest BCUT2D eigenvalue weighted by molar-refractivity contribution is -0.274. The summed E-state index contributed by atoms with van der Waals surface area (Å²) >= 11 is 0. The summed E-state index contributed by atoms with van der Waals surface area (Å²) in [5, 5.41) is 23.8. The Labute approximate surface area is 240 Å². The van der Waals surface area contributed by atoms with Crippen molar-refractivity contribution in [3.63, 3.8) is 0 Å². The third-order valence-electron chi connectivity index (χ3n) is 9.76. The Morgan fingerprint density at radius 1 is 1.00 bits per heavy atom. The van der Waals surface area contributed by atoms with Crippen LogP contribution in [0.5, 0.6) is 5.75 Å². The van der Waals surface area contributed by atoms with E-state index < -0.39 is 29.4 Å². The summed E-state index contributed by atoms with van der Waals surface area (Å²) < 4.78 is 42.2. The average Bonchev–Trinajstić information content (AvgIpc) is 2.89. The molecule has 0 aromatic heterocycles. The minimum Gasteiger partial charge on any atom is -0.480 e. The molecule has 2 unspecified atom stereocenters. The molecule has 42 heavy (non-hydrogen) atoms. The van der Waals surface area contributed by atoms with Crippen LogP contribution in [-0.4, -0.2) is 51.7 Å². The summed E-state index contributed by atoms with van der Waals surface area (Å²) in [5.41, 5.74) is 0.0975. The molecule has 3 aromatic carbocycles. The second-order valence-electron chi connectivity index (χ2n) is 12.8. The first-order valence-corrected chi connectivity index (χ1v) is 14.3. The summed E-state index contributed by atoms with van der Waals surface area (Å²) in [6, 6.07) is 15.6. The number of hydrogen-bond acceptors (Lipinski definition) is 5. The van der Waals surface area contributed by atoms with Gasteiger partial charge >= 0.3 is 12.3 Å². The highest BCUT2D eigenvalue weighted by Crippen LogP contribution is 2.63. The molecule has 0 spiro atoms. The van der Waals surface area contributed by atoms with Crippen LogP contribution in [0.2, 0.25) is 0 Å². The number of ether oxygens (including phenoxy) is 1.